The molecule has 1 aromatic heterocycles. The van der Waals surface area contributed by atoms with Crippen molar-refractivity contribution in [2.45, 2.75) is 0 Å². The van der Waals surface area contributed by atoms with E-state index in [1.165, 1.54) is 6.20 Å². The van der Waals surface area contributed by atoms with Crippen LogP contribution in [0.1, 0.15) is 0 Å². The van der Waals surface area contributed by atoms with Crippen molar-refractivity contribution < 1.29 is 4.74 Å². The van der Waals surface area contributed by atoms with Crippen LogP contribution in [0.15, 0.2) is 29.6 Å². The highest BCUT2D eigenvalue weighted by Crippen LogP contribution is 2.01. The zero-order chi connectivity index (χ0) is 7.94. The fourth-order valence-corrected chi connectivity index (χ4v) is 0.408. The van der Waals surface area contributed by atoms with E-state index in [2.05, 4.69) is 14.9 Å². The molecule has 1 fully saturated rings. The van der Waals surface area contributed by atoms with Gasteiger partial charge in [0.05, 0.1) is 13.2 Å². The van der Waals surface area contributed by atoms with Crippen LogP contribution < -0.4 is 0 Å². The van der Waals surface area contributed by atoms with Crippen LogP contribution in [0.3, 0.4) is 0 Å². The molecule has 1 saturated heterocycles. The molecule has 58 valence electrons. The standard InChI is InChI=1S/C5H4N2O.C2H4O/c8-7-5-3-1-2-4-6-5;1-2-3-1/h1-4H;1-2H2. The quantitative estimate of drug-likeness (QED) is 0.452. The van der Waals surface area contributed by atoms with E-state index >= 15 is 0 Å². The first-order chi connectivity index (χ1) is 5.43. The Morgan fingerprint density at radius 1 is 1.45 bits per heavy atom. The minimum absolute atomic E-state index is 0.229. The smallest absolute Gasteiger partial charge is 0.196 e. The van der Waals surface area contributed by atoms with Gasteiger partial charge in [-0.1, -0.05) is 6.07 Å². The van der Waals surface area contributed by atoms with E-state index in [4.69, 9.17) is 0 Å². The van der Waals surface area contributed by atoms with Gasteiger partial charge in [-0.05, 0) is 17.3 Å². The van der Waals surface area contributed by atoms with Crippen LogP contribution in [-0.2, 0) is 4.74 Å². The molecule has 0 radical (unpaired) electrons. The summed E-state index contributed by atoms with van der Waals surface area (Å²) in [7, 11) is 0. The van der Waals surface area contributed by atoms with Crippen LogP contribution in [0.25, 0.3) is 0 Å². The Hall–Kier alpha value is -1.29. The third-order valence-corrected chi connectivity index (χ3v) is 0.947. The summed E-state index contributed by atoms with van der Waals surface area (Å²) in [4.78, 5) is 13.3. The van der Waals surface area contributed by atoms with Gasteiger partial charge in [-0.2, -0.15) is 0 Å². The highest BCUT2D eigenvalue weighted by molar-refractivity contribution is 5.23. The molecule has 0 atom stereocenters. The van der Waals surface area contributed by atoms with E-state index in [-0.39, 0.29) is 5.82 Å². The van der Waals surface area contributed by atoms with Gasteiger partial charge in [-0.3, -0.25) is 0 Å². The summed E-state index contributed by atoms with van der Waals surface area (Å²) in [6, 6.07) is 4.99. The summed E-state index contributed by atoms with van der Waals surface area (Å²) in [5, 5.41) is 2.61. The van der Waals surface area contributed by atoms with Crippen molar-refractivity contribution in [3.63, 3.8) is 0 Å². The minimum atomic E-state index is 0.229. The Balaban J connectivity index is 0.000000167. The molecule has 0 spiro atoms. The predicted octanol–water partition coefficient (Wildman–Crippen LogP) is 1.50. The van der Waals surface area contributed by atoms with Crippen LogP contribution in [0, 0.1) is 4.91 Å². The largest absolute Gasteiger partial charge is 0.377 e. The van der Waals surface area contributed by atoms with Crippen molar-refractivity contribution >= 4 is 5.82 Å². The maximum absolute atomic E-state index is 9.69. The van der Waals surface area contributed by atoms with Gasteiger partial charge in [0.2, 0.25) is 0 Å². The maximum atomic E-state index is 9.69. The third kappa shape index (κ3) is 4.16. The van der Waals surface area contributed by atoms with Crippen molar-refractivity contribution in [2.24, 2.45) is 5.18 Å². The van der Waals surface area contributed by atoms with Crippen LogP contribution in [0.5, 0.6) is 0 Å². The lowest BCUT2D eigenvalue weighted by atomic mass is 10.5. The predicted molar refractivity (Wildman–Crippen MR) is 40.5 cm³/mol. The molecule has 0 saturated carbocycles. The average Bonchev–Trinajstić information content (AvgIpc) is 2.92. The fraction of sp³-hybridized carbons (Fsp3) is 0.286. The average molecular weight is 152 g/mol. The Bertz CT molecular complexity index is 208. The van der Waals surface area contributed by atoms with Crippen LogP contribution >= 0.6 is 0 Å². The SMILES string of the molecule is C1CO1.O=Nc1ccccn1. The molecule has 1 aromatic rings. The van der Waals surface area contributed by atoms with Crippen molar-refractivity contribution in [3.8, 4) is 0 Å². The number of hydrogen-bond donors (Lipinski definition) is 0. The van der Waals surface area contributed by atoms with Gasteiger partial charge in [0.1, 0.15) is 0 Å². The normalized spacial score (nSPS) is 12.7. The molecule has 0 aliphatic carbocycles. The molecule has 4 heteroatoms. The molecule has 2 heterocycles. The number of nitroso groups, excluding NO2 is 1. The fourth-order valence-electron chi connectivity index (χ4n) is 0.408. The van der Waals surface area contributed by atoms with Crippen molar-refractivity contribution in [3.05, 3.63) is 29.3 Å². The first-order valence-corrected chi connectivity index (χ1v) is 3.25. The Morgan fingerprint density at radius 2 is 2.18 bits per heavy atom. The highest BCUT2D eigenvalue weighted by Gasteiger charge is 1.94. The molecule has 0 amide bonds. The second kappa shape index (κ2) is 4.51. The van der Waals surface area contributed by atoms with E-state index in [1.54, 1.807) is 18.2 Å². The van der Waals surface area contributed by atoms with Crippen molar-refractivity contribution in [1.29, 1.82) is 0 Å². The monoisotopic (exact) mass is 152 g/mol. The van der Waals surface area contributed by atoms with Gasteiger partial charge >= 0.3 is 0 Å². The number of hydrogen-bond acceptors (Lipinski definition) is 4. The van der Waals surface area contributed by atoms with Crippen LogP contribution in [0.4, 0.5) is 5.82 Å². The molecule has 4 nitrogen and oxygen atoms in total. The summed E-state index contributed by atoms with van der Waals surface area (Å²) in [5.41, 5.74) is 0. The minimum Gasteiger partial charge on any atom is -0.377 e. The number of pyridine rings is 1. The summed E-state index contributed by atoms with van der Waals surface area (Å²) in [5.74, 6) is 0.229. The van der Waals surface area contributed by atoms with Gasteiger partial charge in [-0.15, -0.1) is 4.91 Å². The summed E-state index contributed by atoms with van der Waals surface area (Å²) >= 11 is 0. The first-order valence-electron chi connectivity index (χ1n) is 3.25. The van der Waals surface area contributed by atoms with E-state index in [0.717, 1.165) is 13.2 Å². The van der Waals surface area contributed by atoms with Gasteiger partial charge < -0.3 is 4.74 Å². The number of aromatic nitrogens is 1. The molecule has 1 aliphatic rings. The van der Waals surface area contributed by atoms with Gasteiger partial charge in [0.15, 0.2) is 5.82 Å². The molecule has 2 rings (SSSR count). The summed E-state index contributed by atoms with van der Waals surface area (Å²) in [6.07, 6.45) is 1.52. The highest BCUT2D eigenvalue weighted by atomic mass is 16.6. The lowest BCUT2D eigenvalue weighted by Gasteiger charge is -1.79. The number of nitrogens with zero attached hydrogens (tertiary/aromatic N) is 2. The van der Waals surface area contributed by atoms with Crippen LogP contribution in [0.2, 0.25) is 0 Å². The molecule has 11 heavy (non-hydrogen) atoms. The summed E-state index contributed by atoms with van der Waals surface area (Å²) < 4.78 is 4.50. The summed E-state index contributed by atoms with van der Waals surface area (Å²) in [6.45, 7) is 2.00. The van der Waals surface area contributed by atoms with Gasteiger partial charge in [0, 0.05) is 6.20 Å². The zero-order valence-corrected chi connectivity index (χ0v) is 5.93. The van der Waals surface area contributed by atoms with Crippen LogP contribution in [-0.4, -0.2) is 18.2 Å². The number of ether oxygens (including phenoxy) is 1. The molecule has 1 aliphatic heterocycles. The lowest BCUT2D eigenvalue weighted by molar-refractivity contribution is 0.475. The van der Waals surface area contributed by atoms with Gasteiger partial charge in [-0.25, -0.2) is 4.98 Å². The first kappa shape index (κ1) is 7.81. The van der Waals surface area contributed by atoms with Crippen molar-refractivity contribution in [1.82, 2.24) is 4.98 Å². The Labute approximate surface area is 64.2 Å². The molecular weight excluding hydrogens is 144 g/mol. The molecule has 0 bridgehead atoms. The Kier molecular flexibility index (Phi) is 3.21. The number of rotatable bonds is 1. The maximum Gasteiger partial charge on any atom is 0.196 e. The van der Waals surface area contributed by atoms with E-state index < -0.39 is 0 Å². The molecule has 0 aromatic carbocycles. The van der Waals surface area contributed by atoms with E-state index in [0.29, 0.717) is 0 Å². The van der Waals surface area contributed by atoms with E-state index in [1.807, 2.05) is 0 Å². The third-order valence-electron chi connectivity index (χ3n) is 0.947. The Morgan fingerprint density at radius 3 is 2.45 bits per heavy atom. The van der Waals surface area contributed by atoms with Crippen molar-refractivity contribution in [2.75, 3.05) is 13.2 Å². The van der Waals surface area contributed by atoms with E-state index in [9.17, 15) is 4.91 Å². The molecule has 0 N–H and O–H groups in total. The number of epoxide rings is 1. The molecule has 0 unspecified atom stereocenters. The molecular formula is C7H8N2O2. The zero-order valence-electron chi connectivity index (χ0n) is 5.93. The lowest BCUT2D eigenvalue weighted by Crippen LogP contribution is -1.65. The van der Waals surface area contributed by atoms with Gasteiger partial charge in [0.25, 0.3) is 0 Å². The second-order valence-electron chi connectivity index (χ2n) is 1.89. The topological polar surface area (TPSA) is 54.9 Å². The second-order valence-corrected chi connectivity index (χ2v) is 1.89.